The van der Waals surface area contributed by atoms with E-state index in [4.69, 9.17) is 0 Å². The summed E-state index contributed by atoms with van der Waals surface area (Å²) in [7, 11) is 1.89. The van der Waals surface area contributed by atoms with Crippen LogP contribution in [0.2, 0.25) is 0 Å². The third-order valence-corrected chi connectivity index (χ3v) is 2.71. The summed E-state index contributed by atoms with van der Waals surface area (Å²) in [6.07, 6.45) is 10.5. The number of hydrogen-bond donors (Lipinski definition) is 1. The van der Waals surface area contributed by atoms with Crippen LogP contribution in [-0.2, 0) is 4.79 Å². The van der Waals surface area contributed by atoms with E-state index in [1.165, 1.54) is 38.5 Å². The Kier molecular flexibility index (Phi) is 11.4. The number of unbranched alkanes of at least 4 members (excludes halogenated alkanes) is 6. The highest BCUT2D eigenvalue weighted by Crippen LogP contribution is 2.08. The van der Waals surface area contributed by atoms with Crippen LogP contribution in [-0.4, -0.2) is 19.4 Å². The first-order valence-electron chi connectivity index (χ1n) is 6.47. The fourth-order valence-corrected chi connectivity index (χ4v) is 1.67. The second kappa shape index (κ2) is 11.7. The van der Waals surface area contributed by atoms with Gasteiger partial charge in [0.1, 0.15) is 5.78 Å². The molecule has 0 spiro atoms. The topological polar surface area (TPSA) is 29.1 Å². The molecule has 0 bridgehead atoms. The van der Waals surface area contributed by atoms with Gasteiger partial charge in [-0.3, -0.25) is 4.79 Å². The van der Waals surface area contributed by atoms with Crippen LogP contribution in [0.1, 0.15) is 64.7 Å². The van der Waals surface area contributed by atoms with Crippen LogP contribution in [0.4, 0.5) is 0 Å². The zero-order valence-corrected chi connectivity index (χ0v) is 10.5. The van der Waals surface area contributed by atoms with Crippen molar-refractivity contribution in [3.8, 4) is 0 Å². The Labute approximate surface area is 94.8 Å². The lowest BCUT2D eigenvalue weighted by Crippen LogP contribution is -2.12. The Hall–Kier alpha value is -0.370. The van der Waals surface area contributed by atoms with Gasteiger partial charge in [0, 0.05) is 19.4 Å². The molecule has 0 amide bonds. The van der Waals surface area contributed by atoms with Gasteiger partial charge in [-0.05, 0) is 13.5 Å². The first kappa shape index (κ1) is 14.6. The summed E-state index contributed by atoms with van der Waals surface area (Å²) in [5, 5.41) is 3.00. The average Bonchev–Trinajstić information content (AvgIpc) is 2.25. The lowest BCUT2D eigenvalue weighted by molar-refractivity contribution is -0.119. The largest absolute Gasteiger partial charge is 0.319 e. The van der Waals surface area contributed by atoms with Gasteiger partial charge in [-0.15, -0.1) is 0 Å². The van der Waals surface area contributed by atoms with Crippen LogP contribution in [0.5, 0.6) is 0 Å². The first-order chi connectivity index (χ1) is 7.31. The molecule has 2 heteroatoms. The maximum absolute atomic E-state index is 11.3. The molecule has 0 aliphatic carbocycles. The minimum Gasteiger partial charge on any atom is -0.319 e. The molecule has 90 valence electrons. The molecule has 0 atom stereocenters. The van der Waals surface area contributed by atoms with Crippen LogP contribution >= 0.6 is 0 Å². The van der Waals surface area contributed by atoms with Crippen molar-refractivity contribution in [2.75, 3.05) is 13.6 Å². The Morgan fingerprint density at radius 1 is 0.933 bits per heavy atom. The van der Waals surface area contributed by atoms with E-state index in [9.17, 15) is 4.79 Å². The van der Waals surface area contributed by atoms with Crippen LogP contribution in [0.15, 0.2) is 0 Å². The molecule has 0 aliphatic rings. The van der Waals surface area contributed by atoms with Gasteiger partial charge >= 0.3 is 0 Å². The Bertz CT molecular complexity index is 145. The molecule has 0 saturated carbocycles. The van der Waals surface area contributed by atoms with Gasteiger partial charge < -0.3 is 5.32 Å². The summed E-state index contributed by atoms with van der Waals surface area (Å²) >= 11 is 0. The van der Waals surface area contributed by atoms with E-state index >= 15 is 0 Å². The summed E-state index contributed by atoms with van der Waals surface area (Å²) in [4.78, 5) is 11.3. The molecule has 0 saturated heterocycles. The fourth-order valence-electron chi connectivity index (χ4n) is 1.67. The number of rotatable bonds is 11. The zero-order valence-electron chi connectivity index (χ0n) is 10.5. The van der Waals surface area contributed by atoms with E-state index in [-0.39, 0.29) is 0 Å². The van der Waals surface area contributed by atoms with Gasteiger partial charge in [-0.25, -0.2) is 0 Å². The second-order valence-corrected chi connectivity index (χ2v) is 4.26. The quantitative estimate of drug-likeness (QED) is 0.533. The van der Waals surface area contributed by atoms with E-state index in [0.717, 1.165) is 19.4 Å². The van der Waals surface area contributed by atoms with Gasteiger partial charge in [0.05, 0.1) is 0 Å². The van der Waals surface area contributed by atoms with Crippen LogP contribution in [0.3, 0.4) is 0 Å². The molecular formula is C13H27NO. The van der Waals surface area contributed by atoms with E-state index in [0.29, 0.717) is 12.2 Å². The Morgan fingerprint density at radius 3 is 2.13 bits per heavy atom. The third-order valence-electron chi connectivity index (χ3n) is 2.71. The lowest BCUT2D eigenvalue weighted by atomic mass is 10.1. The molecule has 2 nitrogen and oxygen atoms in total. The maximum Gasteiger partial charge on any atom is 0.134 e. The molecule has 0 rings (SSSR count). The lowest BCUT2D eigenvalue weighted by Gasteiger charge is -2.01. The van der Waals surface area contributed by atoms with Crippen LogP contribution in [0.25, 0.3) is 0 Å². The monoisotopic (exact) mass is 213 g/mol. The van der Waals surface area contributed by atoms with E-state index in [1.807, 2.05) is 7.05 Å². The second-order valence-electron chi connectivity index (χ2n) is 4.26. The van der Waals surface area contributed by atoms with Gasteiger partial charge in [-0.1, -0.05) is 45.4 Å². The normalized spacial score (nSPS) is 10.5. The Morgan fingerprint density at radius 2 is 1.53 bits per heavy atom. The smallest absolute Gasteiger partial charge is 0.134 e. The van der Waals surface area contributed by atoms with Gasteiger partial charge in [0.15, 0.2) is 0 Å². The number of Topliss-reactive ketones (excluding diaryl/α,β-unsaturated/α-hetero) is 1. The van der Waals surface area contributed by atoms with Gasteiger partial charge in [0.2, 0.25) is 0 Å². The molecule has 1 N–H and O–H groups in total. The molecule has 0 heterocycles. The summed E-state index contributed by atoms with van der Waals surface area (Å²) in [5.41, 5.74) is 0. The number of nitrogens with one attached hydrogen (secondary N) is 1. The van der Waals surface area contributed by atoms with Gasteiger partial charge in [0.25, 0.3) is 0 Å². The molecule has 0 aromatic rings. The third kappa shape index (κ3) is 11.6. The minimum absolute atomic E-state index is 0.415. The van der Waals surface area contributed by atoms with Crippen molar-refractivity contribution in [2.45, 2.75) is 64.7 Å². The summed E-state index contributed by atoms with van der Waals surface area (Å²) in [5.74, 6) is 0.415. The molecule has 15 heavy (non-hydrogen) atoms. The molecule has 0 aliphatic heterocycles. The van der Waals surface area contributed by atoms with Crippen molar-refractivity contribution >= 4 is 5.78 Å². The van der Waals surface area contributed by atoms with E-state index < -0.39 is 0 Å². The molecule has 0 aromatic carbocycles. The molecule has 0 unspecified atom stereocenters. The molecular weight excluding hydrogens is 186 g/mol. The SMILES string of the molecule is CCCCCCCCCC(=O)CCNC. The molecule has 0 radical (unpaired) electrons. The fraction of sp³-hybridized carbons (Fsp3) is 0.923. The van der Waals surface area contributed by atoms with E-state index in [1.54, 1.807) is 0 Å². The van der Waals surface area contributed by atoms with Crippen LogP contribution in [0, 0.1) is 0 Å². The highest BCUT2D eigenvalue weighted by atomic mass is 16.1. The highest BCUT2D eigenvalue weighted by Gasteiger charge is 2.00. The van der Waals surface area contributed by atoms with E-state index in [2.05, 4.69) is 12.2 Å². The summed E-state index contributed by atoms with van der Waals surface area (Å²) in [6.45, 7) is 3.07. The van der Waals surface area contributed by atoms with Crippen molar-refractivity contribution in [1.29, 1.82) is 0 Å². The minimum atomic E-state index is 0.415. The molecule has 0 fully saturated rings. The maximum atomic E-state index is 11.3. The number of carbonyl (C=O) groups excluding carboxylic acids is 1. The zero-order chi connectivity index (χ0) is 11.4. The highest BCUT2D eigenvalue weighted by molar-refractivity contribution is 5.78. The predicted octanol–water partition coefficient (Wildman–Crippen LogP) is 3.31. The number of ketones is 1. The number of carbonyl (C=O) groups is 1. The van der Waals surface area contributed by atoms with Crippen molar-refractivity contribution in [3.63, 3.8) is 0 Å². The van der Waals surface area contributed by atoms with Crippen molar-refractivity contribution < 1.29 is 4.79 Å². The van der Waals surface area contributed by atoms with Crippen molar-refractivity contribution in [1.82, 2.24) is 5.32 Å². The molecule has 0 aromatic heterocycles. The first-order valence-corrected chi connectivity index (χ1v) is 6.47. The summed E-state index contributed by atoms with van der Waals surface area (Å²) < 4.78 is 0. The predicted molar refractivity (Wildman–Crippen MR) is 66.2 cm³/mol. The summed E-state index contributed by atoms with van der Waals surface area (Å²) in [6, 6.07) is 0. The van der Waals surface area contributed by atoms with Crippen molar-refractivity contribution in [2.24, 2.45) is 0 Å². The van der Waals surface area contributed by atoms with Crippen LogP contribution < -0.4 is 5.32 Å². The van der Waals surface area contributed by atoms with Gasteiger partial charge in [-0.2, -0.15) is 0 Å². The average molecular weight is 213 g/mol. The van der Waals surface area contributed by atoms with Crippen molar-refractivity contribution in [3.05, 3.63) is 0 Å². The standard InChI is InChI=1S/C13H27NO/c1-3-4-5-6-7-8-9-10-13(15)11-12-14-2/h14H,3-12H2,1-2H3. The number of hydrogen-bond acceptors (Lipinski definition) is 2. The Balaban J connectivity index is 3.06.